The van der Waals surface area contributed by atoms with Crippen molar-refractivity contribution in [3.8, 4) is 0 Å². The Morgan fingerprint density at radius 1 is 1.04 bits per heavy atom. The van der Waals surface area contributed by atoms with E-state index in [1.165, 1.54) is 63.4 Å². The van der Waals surface area contributed by atoms with Crippen molar-refractivity contribution in [2.75, 3.05) is 11.9 Å². The van der Waals surface area contributed by atoms with Crippen LogP contribution in [0, 0.1) is 13.8 Å². The summed E-state index contributed by atoms with van der Waals surface area (Å²) in [4.78, 5) is 12.1. The molecule has 0 unspecified atom stereocenters. The summed E-state index contributed by atoms with van der Waals surface area (Å²) in [5.41, 5.74) is 3.27. The summed E-state index contributed by atoms with van der Waals surface area (Å²) in [7, 11) is 0. The maximum Gasteiger partial charge on any atom is 0.224 e. The van der Waals surface area contributed by atoms with Gasteiger partial charge in [-0.15, -0.1) is 0 Å². The van der Waals surface area contributed by atoms with Crippen LogP contribution in [-0.4, -0.2) is 18.6 Å². The summed E-state index contributed by atoms with van der Waals surface area (Å²) in [6, 6.07) is 6.19. The third-order valence-corrected chi connectivity index (χ3v) is 5.37. The van der Waals surface area contributed by atoms with Gasteiger partial charge >= 0.3 is 0 Å². The number of hydrogen-bond donors (Lipinski definition) is 1. The summed E-state index contributed by atoms with van der Waals surface area (Å²) >= 11 is 0. The van der Waals surface area contributed by atoms with E-state index in [2.05, 4.69) is 24.4 Å². The second-order valence-electron chi connectivity index (χ2n) is 7.87. The lowest BCUT2D eigenvalue weighted by molar-refractivity contribution is -0.116. The zero-order valence-electron chi connectivity index (χ0n) is 16.8. The molecule has 0 saturated carbocycles. The average molecular weight is 360 g/mol. The summed E-state index contributed by atoms with van der Waals surface area (Å²) in [6.07, 6.45) is 15.0. The van der Waals surface area contributed by atoms with Crippen molar-refractivity contribution < 1.29 is 9.53 Å². The van der Waals surface area contributed by atoms with Gasteiger partial charge in [0.05, 0.1) is 6.10 Å². The number of amides is 1. The van der Waals surface area contributed by atoms with Crippen LogP contribution in [-0.2, 0) is 9.53 Å². The van der Waals surface area contributed by atoms with Crippen LogP contribution in [0.4, 0.5) is 5.69 Å². The SMILES string of the molecule is Cc1ccc(C)c(NC(=O)CCCCCCCCCC[C@@H]2CCCO2)c1. The highest BCUT2D eigenvalue weighted by Crippen LogP contribution is 2.19. The third kappa shape index (κ3) is 8.35. The van der Waals surface area contributed by atoms with Gasteiger partial charge in [0.1, 0.15) is 0 Å². The van der Waals surface area contributed by atoms with E-state index < -0.39 is 0 Å². The first-order chi connectivity index (χ1) is 12.6. The Labute approximate surface area is 159 Å². The highest BCUT2D eigenvalue weighted by Gasteiger charge is 2.14. The molecule has 0 spiro atoms. The van der Waals surface area contributed by atoms with E-state index in [1.807, 2.05) is 13.0 Å². The van der Waals surface area contributed by atoms with E-state index in [-0.39, 0.29) is 5.91 Å². The molecular formula is C23H37NO2. The van der Waals surface area contributed by atoms with E-state index >= 15 is 0 Å². The molecule has 1 aliphatic heterocycles. The van der Waals surface area contributed by atoms with E-state index in [1.54, 1.807) is 0 Å². The number of carbonyl (C=O) groups is 1. The molecule has 0 aromatic heterocycles. The molecule has 1 amide bonds. The number of benzene rings is 1. The molecule has 1 N–H and O–H groups in total. The minimum absolute atomic E-state index is 0.146. The fourth-order valence-electron chi connectivity index (χ4n) is 3.67. The van der Waals surface area contributed by atoms with Gasteiger partial charge in [0.2, 0.25) is 5.91 Å². The summed E-state index contributed by atoms with van der Waals surface area (Å²) in [6.45, 7) is 5.07. The second-order valence-corrected chi connectivity index (χ2v) is 7.87. The first-order valence-corrected chi connectivity index (χ1v) is 10.6. The minimum Gasteiger partial charge on any atom is -0.378 e. The molecule has 1 aliphatic rings. The lowest BCUT2D eigenvalue weighted by atomic mass is 10.0. The molecule has 3 heteroatoms. The predicted molar refractivity (Wildman–Crippen MR) is 110 cm³/mol. The summed E-state index contributed by atoms with van der Waals surface area (Å²) in [5, 5.41) is 3.05. The molecule has 1 heterocycles. The molecule has 1 aromatic rings. The molecule has 1 atom stereocenters. The van der Waals surface area contributed by atoms with Crippen LogP contribution in [0.1, 0.15) is 88.2 Å². The highest BCUT2D eigenvalue weighted by molar-refractivity contribution is 5.91. The number of anilines is 1. The van der Waals surface area contributed by atoms with Crippen molar-refractivity contribution in [1.82, 2.24) is 0 Å². The predicted octanol–water partition coefficient (Wildman–Crippen LogP) is 6.32. The maximum atomic E-state index is 12.1. The van der Waals surface area contributed by atoms with Gasteiger partial charge in [-0.05, 0) is 56.7 Å². The standard InChI is InChI=1S/C23H37NO2/c1-19-15-16-20(2)22(18-19)24-23(25)14-10-8-6-4-3-5-7-9-12-21-13-11-17-26-21/h15-16,18,21H,3-14,17H2,1-2H3,(H,24,25)/t21-/m1/s1. The van der Waals surface area contributed by atoms with Gasteiger partial charge in [0.15, 0.2) is 0 Å². The Hall–Kier alpha value is -1.35. The number of ether oxygens (including phenoxy) is 1. The first kappa shape index (κ1) is 21.0. The number of carbonyl (C=O) groups excluding carboxylic acids is 1. The van der Waals surface area contributed by atoms with Gasteiger partial charge in [-0.1, -0.05) is 57.1 Å². The number of nitrogens with one attached hydrogen (secondary N) is 1. The number of aryl methyl sites for hydroxylation is 2. The van der Waals surface area contributed by atoms with Crippen LogP contribution in [0.3, 0.4) is 0 Å². The van der Waals surface area contributed by atoms with Gasteiger partial charge in [0, 0.05) is 18.7 Å². The molecule has 1 saturated heterocycles. The largest absolute Gasteiger partial charge is 0.378 e. The first-order valence-electron chi connectivity index (χ1n) is 10.6. The molecule has 3 nitrogen and oxygen atoms in total. The van der Waals surface area contributed by atoms with E-state index in [9.17, 15) is 4.79 Å². The van der Waals surface area contributed by atoms with Crippen molar-refractivity contribution in [3.05, 3.63) is 29.3 Å². The van der Waals surface area contributed by atoms with Crippen LogP contribution in [0.5, 0.6) is 0 Å². The molecule has 1 aromatic carbocycles. The molecule has 0 bridgehead atoms. The molecule has 146 valence electrons. The summed E-state index contributed by atoms with van der Waals surface area (Å²) in [5.74, 6) is 0.146. The smallest absolute Gasteiger partial charge is 0.224 e. The van der Waals surface area contributed by atoms with E-state index in [4.69, 9.17) is 4.74 Å². The van der Waals surface area contributed by atoms with Gasteiger partial charge in [0.25, 0.3) is 0 Å². The van der Waals surface area contributed by atoms with Gasteiger partial charge in [-0.3, -0.25) is 4.79 Å². The van der Waals surface area contributed by atoms with Crippen LogP contribution in [0.2, 0.25) is 0 Å². The lowest BCUT2D eigenvalue weighted by Gasteiger charge is -2.09. The van der Waals surface area contributed by atoms with E-state index in [0.717, 1.165) is 30.7 Å². The molecular weight excluding hydrogens is 322 g/mol. The van der Waals surface area contributed by atoms with Crippen molar-refractivity contribution in [2.24, 2.45) is 0 Å². The molecule has 0 aliphatic carbocycles. The zero-order chi connectivity index (χ0) is 18.6. The second kappa shape index (κ2) is 12.1. The van der Waals surface area contributed by atoms with Crippen molar-refractivity contribution in [2.45, 2.75) is 97.0 Å². The van der Waals surface area contributed by atoms with Crippen molar-refractivity contribution in [1.29, 1.82) is 0 Å². The molecule has 0 radical (unpaired) electrons. The maximum absolute atomic E-state index is 12.1. The fourth-order valence-corrected chi connectivity index (χ4v) is 3.67. The van der Waals surface area contributed by atoms with Gasteiger partial charge in [-0.25, -0.2) is 0 Å². The lowest BCUT2D eigenvalue weighted by Crippen LogP contribution is -2.12. The van der Waals surface area contributed by atoms with Crippen LogP contribution in [0.25, 0.3) is 0 Å². The van der Waals surface area contributed by atoms with Crippen LogP contribution < -0.4 is 5.32 Å². The normalized spacial score (nSPS) is 16.8. The average Bonchev–Trinajstić information content (AvgIpc) is 3.13. The summed E-state index contributed by atoms with van der Waals surface area (Å²) < 4.78 is 5.66. The van der Waals surface area contributed by atoms with Gasteiger partial charge in [-0.2, -0.15) is 0 Å². The zero-order valence-corrected chi connectivity index (χ0v) is 16.8. The fraction of sp³-hybridized carbons (Fsp3) is 0.696. The number of hydrogen-bond acceptors (Lipinski definition) is 2. The highest BCUT2D eigenvalue weighted by atomic mass is 16.5. The van der Waals surface area contributed by atoms with Crippen molar-refractivity contribution >= 4 is 11.6 Å². The van der Waals surface area contributed by atoms with E-state index in [0.29, 0.717) is 12.5 Å². The topological polar surface area (TPSA) is 38.3 Å². The van der Waals surface area contributed by atoms with Crippen LogP contribution >= 0.6 is 0 Å². The minimum atomic E-state index is 0.146. The Balaban J connectivity index is 1.41. The Kier molecular flexibility index (Phi) is 9.76. The molecule has 1 fully saturated rings. The molecule has 26 heavy (non-hydrogen) atoms. The quantitative estimate of drug-likeness (QED) is 0.443. The van der Waals surface area contributed by atoms with Gasteiger partial charge < -0.3 is 10.1 Å². The Morgan fingerprint density at radius 2 is 1.73 bits per heavy atom. The monoisotopic (exact) mass is 359 g/mol. The number of unbranched alkanes of at least 4 members (excludes halogenated alkanes) is 7. The van der Waals surface area contributed by atoms with Crippen molar-refractivity contribution in [3.63, 3.8) is 0 Å². The molecule has 2 rings (SSSR count). The Bertz CT molecular complexity index is 535. The Morgan fingerprint density at radius 3 is 2.42 bits per heavy atom. The van der Waals surface area contributed by atoms with Crippen LogP contribution in [0.15, 0.2) is 18.2 Å². The third-order valence-electron chi connectivity index (χ3n) is 5.37. The number of rotatable bonds is 12.